The van der Waals surface area contributed by atoms with Crippen LogP contribution in [0.5, 0.6) is 5.75 Å². The number of rotatable bonds is 5. The van der Waals surface area contributed by atoms with Crippen molar-refractivity contribution >= 4 is 11.8 Å². The molecule has 158 valence electrons. The Hall–Kier alpha value is -2.08. The standard InChI is InChI=1S/C23H33N3O3/c1-29-19-8-3-16(4-9-19)5-10-20(27)25-11-2-12-26(14-13-25)23(28)21-17-6-7-18(15-17)22(21)24/h3-4,8-9,17-18,21-22H,2,5-7,10-15,24H2,1H3. The van der Waals surface area contributed by atoms with Gasteiger partial charge in [0.25, 0.3) is 0 Å². The van der Waals surface area contributed by atoms with Crippen molar-refractivity contribution in [3.8, 4) is 5.75 Å². The molecular weight excluding hydrogens is 366 g/mol. The van der Waals surface area contributed by atoms with Crippen LogP contribution in [0.3, 0.4) is 0 Å². The van der Waals surface area contributed by atoms with Crippen molar-refractivity contribution in [1.82, 2.24) is 9.80 Å². The number of carbonyl (C=O) groups excluding carboxylic acids is 2. The largest absolute Gasteiger partial charge is 0.497 e. The Bertz CT molecular complexity index is 733. The molecule has 1 heterocycles. The molecule has 1 saturated heterocycles. The first-order valence-electron chi connectivity index (χ1n) is 11.0. The predicted octanol–water partition coefficient (Wildman–Crippen LogP) is 2.06. The van der Waals surface area contributed by atoms with Gasteiger partial charge in [0.15, 0.2) is 0 Å². The Morgan fingerprint density at radius 2 is 1.72 bits per heavy atom. The maximum atomic E-state index is 13.1. The Kier molecular flexibility index (Phi) is 6.09. The molecule has 4 rings (SSSR count). The van der Waals surface area contributed by atoms with Gasteiger partial charge in [0.2, 0.25) is 11.8 Å². The molecule has 6 heteroatoms. The summed E-state index contributed by atoms with van der Waals surface area (Å²) in [6, 6.07) is 7.90. The van der Waals surface area contributed by atoms with E-state index in [1.54, 1.807) is 7.11 Å². The number of ether oxygens (including phenoxy) is 1. The summed E-state index contributed by atoms with van der Waals surface area (Å²) in [5.74, 6) is 2.26. The van der Waals surface area contributed by atoms with Crippen LogP contribution in [-0.2, 0) is 16.0 Å². The summed E-state index contributed by atoms with van der Waals surface area (Å²) in [6.07, 6.45) is 5.53. The second kappa shape index (κ2) is 8.74. The lowest BCUT2D eigenvalue weighted by Gasteiger charge is -2.32. The van der Waals surface area contributed by atoms with Gasteiger partial charge in [-0.25, -0.2) is 0 Å². The van der Waals surface area contributed by atoms with E-state index in [9.17, 15) is 9.59 Å². The molecule has 4 unspecified atom stereocenters. The Morgan fingerprint density at radius 1 is 1.03 bits per heavy atom. The van der Waals surface area contributed by atoms with Gasteiger partial charge in [-0.1, -0.05) is 12.1 Å². The Labute approximate surface area is 173 Å². The number of fused-ring (bicyclic) bond motifs is 2. The number of benzene rings is 1. The number of hydrogen-bond donors (Lipinski definition) is 1. The molecule has 29 heavy (non-hydrogen) atoms. The van der Waals surface area contributed by atoms with E-state index in [4.69, 9.17) is 10.5 Å². The molecule has 2 N–H and O–H groups in total. The highest BCUT2D eigenvalue weighted by molar-refractivity contribution is 5.81. The van der Waals surface area contributed by atoms with Gasteiger partial charge in [-0.15, -0.1) is 0 Å². The van der Waals surface area contributed by atoms with E-state index in [0.29, 0.717) is 31.3 Å². The van der Waals surface area contributed by atoms with E-state index in [1.165, 1.54) is 6.42 Å². The molecule has 2 saturated carbocycles. The summed E-state index contributed by atoms with van der Waals surface area (Å²) < 4.78 is 5.18. The van der Waals surface area contributed by atoms with E-state index >= 15 is 0 Å². The van der Waals surface area contributed by atoms with Crippen LogP contribution in [0.1, 0.15) is 37.7 Å². The van der Waals surface area contributed by atoms with Crippen LogP contribution < -0.4 is 10.5 Å². The zero-order valence-corrected chi connectivity index (χ0v) is 17.4. The molecule has 1 aliphatic heterocycles. The van der Waals surface area contributed by atoms with Crippen molar-refractivity contribution < 1.29 is 14.3 Å². The van der Waals surface area contributed by atoms with Crippen LogP contribution in [0.2, 0.25) is 0 Å². The van der Waals surface area contributed by atoms with Gasteiger partial charge in [0, 0.05) is 38.6 Å². The third-order valence-electron chi connectivity index (χ3n) is 7.21. The van der Waals surface area contributed by atoms with Crippen molar-refractivity contribution in [2.24, 2.45) is 23.5 Å². The summed E-state index contributed by atoms with van der Waals surface area (Å²) >= 11 is 0. The van der Waals surface area contributed by atoms with Crippen LogP contribution in [0.25, 0.3) is 0 Å². The number of nitrogens with zero attached hydrogens (tertiary/aromatic N) is 2. The maximum absolute atomic E-state index is 13.1. The maximum Gasteiger partial charge on any atom is 0.227 e. The molecule has 2 amide bonds. The third kappa shape index (κ3) is 4.27. The van der Waals surface area contributed by atoms with Crippen molar-refractivity contribution in [3.05, 3.63) is 29.8 Å². The van der Waals surface area contributed by atoms with Crippen molar-refractivity contribution in [2.75, 3.05) is 33.3 Å². The minimum Gasteiger partial charge on any atom is -0.497 e. The number of aryl methyl sites for hydroxylation is 1. The molecule has 3 fully saturated rings. The molecule has 0 spiro atoms. The van der Waals surface area contributed by atoms with Gasteiger partial charge in [0.1, 0.15) is 5.75 Å². The second-order valence-corrected chi connectivity index (χ2v) is 8.84. The number of carbonyl (C=O) groups is 2. The van der Waals surface area contributed by atoms with E-state index < -0.39 is 0 Å². The average molecular weight is 400 g/mol. The number of hydrogen-bond acceptors (Lipinski definition) is 4. The summed E-state index contributed by atoms with van der Waals surface area (Å²) in [7, 11) is 1.65. The molecule has 2 bridgehead atoms. The molecule has 0 aromatic heterocycles. The SMILES string of the molecule is COc1ccc(CCC(=O)N2CCCN(C(=O)C3C4CCC(C4)C3N)CC2)cc1. The van der Waals surface area contributed by atoms with Crippen LogP contribution in [-0.4, -0.2) is 60.9 Å². The van der Waals surface area contributed by atoms with Gasteiger partial charge < -0.3 is 20.3 Å². The fourth-order valence-electron chi connectivity index (χ4n) is 5.50. The Balaban J connectivity index is 1.28. The Morgan fingerprint density at radius 3 is 2.41 bits per heavy atom. The molecule has 3 aliphatic rings. The van der Waals surface area contributed by atoms with E-state index in [-0.39, 0.29) is 23.8 Å². The molecule has 4 atom stereocenters. The molecule has 6 nitrogen and oxygen atoms in total. The lowest BCUT2D eigenvalue weighted by molar-refractivity contribution is -0.138. The average Bonchev–Trinajstić information content (AvgIpc) is 3.24. The third-order valence-corrected chi connectivity index (χ3v) is 7.21. The van der Waals surface area contributed by atoms with Gasteiger partial charge in [0.05, 0.1) is 13.0 Å². The van der Waals surface area contributed by atoms with Gasteiger partial charge in [-0.05, 0) is 61.6 Å². The highest BCUT2D eigenvalue weighted by atomic mass is 16.5. The van der Waals surface area contributed by atoms with Gasteiger partial charge in [-0.3, -0.25) is 9.59 Å². The van der Waals surface area contributed by atoms with Crippen molar-refractivity contribution in [2.45, 2.75) is 44.6 Å². The van der Waals surface area contributed by atoms with Crippen LogP contribution in [0, 0.1) is 17.8 Å². The molecular formula is C23H33N3O3. The van der Waals surface area contributed by atoms with Crippen LogP contribution in [0.15, 0.2) is 24.3 Å². The summed E-state index contributed by atoms with van der Waals surface area (Å²) in [5, 5.41) is 0. The monoisotopic (exact) mass is 399 g/mol. The summed E-state index contributed by atoms with van der Waals surface area (Å²) in [4.78, 5) is 29.7. The normalized spacial score (nSPS) is 29.0. The zero-order valence-electron chi connectivity index (χ0n) is 17.4. The fourth-order valence-corrected chi connectivity index (χ4v) is 5.50. The topological polar surface area (TPSA) is 75.9 Å². The zero-order chi connectivity index (χ0) is 20.4. The van der Waals surface area contributed by atoms with Crippen molar-refractivity contribution in [1.29, 1.82) is 0 Å². The van der Waals surface area contributed by atoms with Crippen LogP contribution >= 0.6 is 0 Å². The quantitative estimate of drug-likeness (QED) is 0.822. The minimum atomic E-state index is 0.00562. The lowest BCUT2D eigenvalue weighted by Crippen LogP contribution is -2.48. The number of amides is 2. The molecule has 1 aromatic carbocycles. The lowest BCUT2D eigenvalue weighted by atomic mass is 9.84. The first-order valence-corrected chi connectivity index (χ1v) is 11.0. The highest BCUT2D eigenvalue weighted by Gasteiger charge is 2.50. The van der Waals surface area contributed by atoms with Crippen LogP contribution in [0.4, 0.5) is 0 Å². The second-order valence-electron chi connectivity index (χ2n) is 8.84. The minimum absolute atomic E-state index is 0.00562. The molecule has 1 aromatic rings. The van der Waals surface area contributed by atoms with E-state index in [1.807, 2.05) is 34.1 Å². The van der Waals surface area contributed by atoms with E-state index in [0.717, 1.165) is 50.1 Å². The highest BCUT2D eigenvalue weighted by Crippen LogP contribution is 2.48. The van der Waals surface area contributed by atoms with Crippen molar-refractivity contribution in [3.63, 3.8) is 0 Å². The smallest absolute Gasteiger partial charge is 0.227 e. The first kappa shape index (κ1) is 20.2. The van der Waals surface area contributed by atoms with Gasteiger partial charge in [-0.2, -0.15) is 0 Å². The van der Waals surface area contributed by atoms with E-state index in [2.05, 4.69) is 0 Å². The first-order chi connectivity index (χ1) is 14.1. The van der Waals surface area contributed by atoms with Gasteiger partial charge >= 0.3 is 0 Å². The summed E-state index contributed by atoms with van der Waals surface area (Å²) in [6.45, 7) is 2.73. The molecule has 0 radical (unpaired) electrons. The predicted molar refractivity (Wildman–Crippen MR) is 111 cm³/mol. The molecule has 2 aliphatic carbocycles. The number of methoxy groups -OCH3 is 1. The number of nitrogens with two attached hydrogens (primary N) is 1. The summed E-state index contributed by atoms with van der Waals surface area (Å²) in [5.41, 5.74) is 7.51. The fraction of sp³-hybridized carbons (Fsp3) is 0.652.